The number of non-ortho nitro benzene ring substituents is 1. The van der Waals surface area contributed by atoms with E-state index in [-0.39, 0.29) is 28.2 Å². The molecule has 1 aromatic rings. The largest absolute Gasteiger partial charge is 0.397 e. The smallest absolute Gasteiger partial charge is 0.271 e. The molecule has 3 unspecified atom stereocenters. The molecule has 7 nitrogen and oxygen atoms in total. The summed E-state index contributed by atoms with van der Waals surface area (Å²) in [7, 11) is -3.77. The van der Waals surface area contributed by atoms with E-state index in [0.717, 1.165) is 25.0 Å². The minimum Gasteiger partial charge on any atom is -0.397 e. The minimum atomic E-state index is -3.77. The fourth-order valence-corrected chi connectivity index (χ4v) is 4.16. The number of nitrogens with one attached hydrogen (secondary N) is 1. The second-order valence-electron chi connectivity index (χ2n) is 5.62. The number of nitro groups is 1. The number of nitrogen functional groups attached to an aromatic ring is 1. The van der Waals surface area contributed by atoms with Crippen LogP contribution < -0.4 is 10.5 Å². The van der Waals surface area contributed by atoms with E-state index < -0.39 is 14.9 Å². The molecular formula is C13H19N3O4S. The molecule has 0 amide bonds. The van der Waals surface area contributed by atoms with Gasteiger partial charge in [0.25, 0.3) is 5.69 Å². The molecular weight excluding hydrogens is 294 g/mol. The lowest BCUT2D eigenvalue weighted by molar-refractivity contribution is -0.384. The highest BCUT2D eigenvalue weighted by molar-refractivity contribution is 7.89. The van der Waals surface area contributed by atoms with Gasteiger partial charge < -0.3 is 5.73 Å². The van der Waals surface area contributed by atoms with Crippen LogP contribution in [0.15, 0.2) is 23.1 Å². The molecule has 0 bridgehead atoms. The fraction of sp³-hybridized carbons (Fsp3) is 0.538. The summed E-state index contributed by atoms with van der Waals surface area (Å²) in [6, 6.07) is 3.26. The normalized spacial score (nSPS) is 25.9. The third-order valence-electron chi connectivity index (χ3n) is 4.27. The van der Waals surface area contributed by atoms with Crippen molar-refractivity contribution in [2.75, 3.05) is 5.73 Å². The maximum atomic E-state index is 12.4. The first kappa shape index (κ1) is 15.7. The Morgan fingerprint density at radius 1 is 1.33 bits per heavy atom. The molecule has 3 atom stereocenters. The van der Waals surface area contributed by atoms with Crippen molar-refractivity contribution in [2.24, 2.45) is 11.8 Å². The number of hydrogen-bond acceptors (Lipinski definition) is 5. The number of benzene rings is 1. The van der Waals surface area contributed by atoms with Gasteiger partial charge in [0.05, 0.1) is 10.6 Å². The van der Waals surface area contributed by atoms with Crippen molar-refractivity contribution in [1.82, 2.24) is 4.72 Å². The standard InChI is InChI=1S/C13H19N3O4S/c1-8-3-5-12(9(8)2)15-21(19,20)13-6-4-10(16(17)18)7-11(13)14/h4,6-9,12,15H,3,5,14H2,1-2H3. The molecule has 0 spiro atoms. The number of anilines is 1. The van der Waals surface area contributed by atoms with Crippen LogP contribution in [0.2, 0.25) is 0 Å². The minimum absolute atomic E-state index is 0.111. The van der Waals surface area contributed by atoms with Crippen LogP contribution in [0.4, 0.5) is 11.4 Å². The van der Waals surface area contributed by atoms with Gasteiger partial charge in [-0.1, -0.05) is 13.8 Å². The van der Waals surface area contributed by atoms with Crippen LogP contribution in [0.25, 0.3) is 0 Å². The van der Waals surface area contributed by atoms with E-state index in [9.17, 15) is 18.5 Å². The monoisotopic (exact) mass is 313 g/mol. The first-order chi connectivity index (χ1) is 9.72. The summed E-state index contributed by atoms with van der Waals surface area (Å²) in [6.45, 7) is 4.11. The maximum Gasteiger partial charge on any atom is 0.271 e. The van der Waals surface area contributed by atoms with Gasteiger partial charge in [-0.15, -0.1) is 0 Å². The van der Waals surface area contributed by atoms with Crippen LogP contribution in [0.5, 0.6) is 0 Å². The van der Waals surface area contributed by atoms with Gasteiger partial charge in [-0.3, -0.25) is 10.1 Å². The first-order valence-corrected chi connectivity index (χ1v) is 8.27. The Bertz CT molecular complexity index is 659. The summed E-state index contributed by atoms with van der Waals surface area (Å²) in [4.78, 5) is 9.94. The van der Waals surface area contributed by atoms with E-state index in [2.05, 4.69) is 11.6 Å². The summed E-state index contributed by atoms with van der Waals surface area (Å²) < 4.78 is 27.4. The average molecular weight is 313 g/mol. The SMILES string of the molecule is CC1CCC(NS(=O)(=O)c2ccc([N+](=O)[O-])cc2N)C1C. The second kappa shape index (κ2) is 5.61. The fourth-order valence-electron chi connectivity index (χ4n) is 2.69. The Hall–Kier alpha value is -1.67. The zero-order valence-corrected chi connectivity index (χ0v) is 12.8. The van der Waals surface area contributed by atoms with Gasteiger partial charge in [0.15, 0.2) is 0 Å². The van der Waals surface area contributed by atoms with Crippen LogP contribution in [0, 0.1) is 22.0 Å². The molecule has 0 aromatic heterocycles. The molecule has 1 aliphatic rings. The molecule has 0 aliphatic heterocycles. The zero-order chi connectivity index (χ0) is 15.8. The predicted octanol–water partition coefficient (Wildman–Crippen LogP) is 1.89. The lowest BCUT2D eigenvalue weighted by atomic mass is 9.98. The lowest BCUT2D eigenvalue weighted by Gasteiger charge is -2.20. The maximum absolute atomic E-state index is 12.4. The van der Waals surface area contributed by atoms with Crippen LogP contribution in [0.3, 0.4) is 0 Å². The second-order valence-corrected chi connectivity index (χ2v) is 7.30. The third-order valence-corrected chi connectivity index (χ3v) is 5.83. The van der Waals surface area contributed by atoms with Crippen LogP contribution in [0.1, 0.15) is 26.7 Å². The van der Waals surface area contributed by atoms with E-state index >= 15 is 0 Å². The molecule has 0 saturated heterocycles. The van der Waals surface area contributed by atoms with Gasteiger partial charge >= 0.3 is 0 Å². The number of nitrogens with two attached hydrogens (primary N) is 1. The van der Waals surface area contributed by atoms with E-state index in [1.165, 1.54) is 6.07 Å². The molecule has 0 radical (unpaired) electrons. The van der Waals surface area contributed by atoms with Crippen molar-refractivity contribution in [2.45, 2.75) is 37.6 Å². The highest BCUT2D eigenvalue weighted by atomic mass is 32.2. The van der Waals surface area contributed by atoms with E-state index in [1.54, 1.807) is 0 Å². The zero-order valence-electron chi connectivity index (χ0n) is 11.9. The Morgan fingerprint density at radius 3 is 2.48 bits per heavy atom. The van der Waals surface area contributed by atoms with Gasteiger partial charge in [-0.2, -0.15) is 0 Å². The van der Waals surface area contributed by atoms with Gasteiger partial charge in [0.1, 0.15) is 4.90 Å². The quantitative estimate of drug-likeness (QED) is 0.500. The van der Waals surface area contributed by atoms with Gasteiger partial charge in [0.2, 0.25) is 10.0 Å². The highest BCUT2D eigenvalue weighted by Gasteiger charge is 2.33. The summed E-state index contributed by atoms with van der Waals surface area (Å²) >= 11 is 0. The molecule has 8 heteroatoms. The third kappa shape index (κ3) is 3.16. The topological polar surface area (TPSA) is 115 Å². The van der Waals surface area contributed by atoms with Crippen LogP contribution >= 0.6 is 0 Å². The number of rotatable bonds is 4. The summed E-state index contributed by atoms with van der Waals surface area (Å²) in [5.74, 6) is 0.714. The Balaban J connectivity index is 2.26. The van der Waals surface area contributed by atoms with Crippen molar-refractivity contribution < 1.29 is 13.3 Å². The average Bonchev–Trinajstić information content (AvgIpc) is 2.69. The summed E-state index contributed by atoms with van der Waals surface area (Å²) in [5.41, 5.74) is 5.32. The van der Waals surface area contributed by atoms with Crippen molar-refractivity contribution in [3.05, 3.63) is 28.3 Å². The van der Waals surface area contributed by atoms with Crippen LogP contribution in [-0.2, 0) is 10.0 Å². The van der Waals surface area contributed by atoms with Crippen molar-refractivity contribution >= 4 is 21.4 Å². The van der Waals surface area contributed by atoms with Crippen molar-refractivity contribution in [1.29, 1.82) is 0 Å². The first-order valence-electron chi connectivity index (χ1n) is 6.78. The predicted molar refractivity (Wildman–Crippen MR) is 79.2 cm³/mol. The molecule has 1 aliphatic carbocycles. The highest BCUT2D eigenvalue weighted by Crippen LogP contribution is 2.33. The van der Waals surface area contributed by atoms with E-state index in [4.69, 9.17) is 5.73 Å². The summed E-state index contributed by atoms with van der Waals surface area (Å²) in [6.07, 6.45) is 1.76. The number of nitro benzene ring substituents is 1. The number of sulfonamides is 1. The Labute approximate surface area is 123 Å². The lowest BCUT2D eigenvalue weighted by Crippen LogP contribution is -2.37. The van der Waals surface area contributed by atoms with Crippen molar-refractivity contribution in [3.8, 4) is 0 Å². The molecule has 3 N–H and O–H groups in total. The van der Waals surface area contributed by atoms with Gasteiger partial charge in [-0.25, -0.2) is 13.1 Å². The Morgan fingerprint density at radius 2 is 2.00 bits per heavy atom. The molecule has 2 rings (SSSR count). The number of hydrogen-bond donors (Lipinski definition) is 2. The molecule has 116 valence electrons. The van der Waals surface area contributed by atoms with Gasteiger partial charge in [0, 0.05) is 18.2 Å². The number of nitrogens with zero attached hydrogens (tertiary/aromatic N) is 1. The van der Waals surface area contributed by atoms with Crippen LogP contribution in [-0.4, -0.2) is 19.4 Å². The van der Waals surface area contributed by atoms with Crippen molar-refractivity contribution in [3.63, 3.8) is 0 Å². The van der Waals surface area contributed by atoms with E-state index in [0.29, 0.717) is 5.92 Å². The molecule has 1 saturated carbocycles. The molecule has 1 aromatic carbocycles. The summed E-state index contributed by atoms with van der Waals surface area (Å²) in [5, 5.41) is 10.7. The molecule has 21 heavy (non-hydrogen) atoms. The van der Waals surface area contributed by atoms with Gasteiger partial charge in [-0.05, 0) is 30.7 Å². The Kier molecular flexibility index (Phi) is 4.20. The molecule has 0 heterocycles. The van der Waals surface area contributed by atoms with E-state index in [1.807, 2.05) is 6.92 Å². The molecule has 1 fully saturated rings.